The maximum absolute atomic E-state index is 6.93. The molecule has 0 aliphatic carbocycles. The monoisotopic (exact) mass is 2610 g/mol. The minimum atomic E-state index is -2.25. The zero-order valence-corrected chi connectivity index (χ0v) is 113. The molecule has 6 unspecified atom stereocenters. The molecule has 3 aromatic carbocycles. The van der Waals surface area contributed by atoms with Gasteiger partial charge in [0.1, 0.15) is 34.0 Å². The number of hydrogen-bond acceptors (Lipinski definition) is 21. The summed E-state index contributed by atoms with van der Waals surface area (Å²) in [7, 11) is 0. The van der Waals surface area contributed by atoms with Crippen LogP contribution < -0.4 is 31.3 Å². The van der Waals surface area contributed by atoms with Gasteiger partial charge in [-0.3, -0.25) is 0 Å². The van der Waals surface area contributed by atoms with Crippen molar-refractivity contribution in [1.82, 2.24) is 15.0 Å². The van der Waals surface area contributed by atoms with Crippen LogP contribution in [0.3, 0.4) is 0 Å². The molecular formula is C123H179Br4N3O6S12Sn. The summed E-state index contributed by atoms with van der Waals surface area (Å²) in [6.45, 7) is 45.7. The Bertz CT molecular complexity index is 6060. The Kier molecular flexibility index (Phi) is 57.4. The van der Waals surface area contributed by atoms with E-state index in [0.717, 1.165) is 130 Å². The summed E-state index contributed by atoms with van der Waals surface area (Å²) in [6, 6.07) is 14.0. The summed E-state index contributed by atoms with van der Waals surface area (Å²) in [5.41, 5.74) is 3.54. The van der Waals surface area contributed by atoms with E-state index in [1.807, 2.05) is 90.7 Å². The van der Waals surface area contributed by atoms with Crippen molar-refractivity contribution in [3.05, 3.63) is 92.0 Å². The Hall–Kier alpha value is -2.29. The van der Waals surface area contributed by atoms with Gasteiger partial charge in [0.2, 0.25) is 0 Å². The zero-order chi connectivity index (χ0) is 107. The molecule has 0 saturated carbocycles. The van der Waals surface area contributed by atoms with E-state index in [1.54, 1.807) is 48.2 Å². The molecule has 12 aromatic heterocycles. The zero-order valence-electron chi connectivity index (χ0n) is 94.3. The first-order chi connectivity index (χ1) is 72.3. The number of fused-ring (bicyclic) bond motifs is 9. The predicted octanol–water partition coefficient (Wildman–Crippen LogP) is 48.2. The summed E-state index contributed by atoms with van der Waals surface area (Å²) < 4.78 is 58.3. The van der Waals surface area contributed by atoms with Crippen molar-refractivity contribution in [1.29, 1.82) is 0 Å². The minimum absolute atomic E-state index is 0.577. The van der Waals surface area contributed by atoms with Crippen molar-refractivity contribution in [3.63, 3.8) is 0 Å². The van der Waals surface area contributed by atoms with Crippen LogP contribution in [0.2, 0.25) is 14.8 Å². The topological polar surface area (TPSA) is 94.1 Å². The molecule has 0 bridgehead atoms. The molecule has 0 spiro atoms. The average Bonchev–Trinajstić information content (AvgIpc) is 1.57. The molecule has 0 N–H and O–H groups in total. The number of thiazole rings is 3. The maximum atomic E-state index is 6.93. The smallest absolute Gasteiger partial charge is 0.146 e. The second kappa shape index (κ2) is 67.4. The third-order valence-corrected chi connectivity index (χ3v) is 55.0. The van der Waals surface area contributed by atoms with E-state index in [4.69, 9.17) is 38.4 Å². The molecule has 0 aliphatic rings. The normalized spacial score (nSPS) is 13.1. The van der Waals surface area contributed by atoms with Crippen LogP contribution in [0.5, 0.6) is 34.5 Å². The summed E-state index contributed by atoms with van der Waals surface area (Å²) in [5, 5.41) is 15.6. The van der Waals surface area contributed by atoms with E-state index in [0.29, 0.717) is 35.5 Å². The second-order valence-electron chi connectivity index (χ2n) is 42.6. The van der Waals surface area contributed by atoms with Crippen LogP contribution in [-0.4, -0.2) is 73.0 Å². The van der Waals surface area contributed by atoms with E-state index < -0.39 is 18.4 Å². The Labute approximate surface area is 983 Å². The second-order valence-corrected chi connectivity index (χ2v) is 76.4. The Morgan fingerprint density at radius 1 is 0.282 bits per heavy atom. The fourth-order valence-electron chi connectivity index (χ4n) is 19.4. The Morgan fingerprint density at radius 3 is 0.953 bits per heavy atom. The van der Waals surface area contributed by atoms with Gasteiger partial charge in [-0.15, -0.1) is 113 Å². The van der Waals surface area contributed by atoms with Gasteiger partial charge in [0.05, 0.1) is 99.9 Å². The molecule has 0 saturated heterocycles. The third-order valence-electron chi connectivity index (χ3n) is 29.3. The van der Waals surface area contributed by atoms with Crippen molar-refractivity contribution < 1.29 is 28.4 Å². The predicted molar refractivity (Wildman–Crippen MR) is 695 cm³/mol. The van der Waals surface area contributed by atoms with Gasteiger partial charge in [-0.05, 0) is 190 Å². The number of aromatic nitrogens is 3. The number of unbranched alkanes of at least 4 members (excludes halogenated alkanes) is 21. The molecule has 826 valence electrons. The number of halogens is 4. The third kappa shape index (κ3) is 37.4. The van der Waals surface area contributed by atoms with E-state index >= 15 is 0 Å². The van der Waals surface area contributed by atoms with Crippen molar-refractivity contribution in [2.75, 3.05) is 39.6 Å². The van der Waals surface area contributed by atoms with Gasteiger partial charge < -0.3 is 18.9 Å². The number of hydrogen-bond donors (Lipinski definition) is 0. The van der Waals surface area contributed by atoms with Crippen LogP contribution in [0.15, 0.2) is 62.3 Å². The Balaban J connectivity index is 0.000000186. The fourth-order valence-corrected chi connectivity index (χ4v) is 40.9. The average molecular weight is 2620 g/mol. The first-order valence-electron chi connectivity index (χ1n) is 57.8. The van der Waals surface area contributed by atoms with Crippen LogP contribution in [0.4, 0.5) is 0 Å². The van der Waals surface area contributed by atoms with Gasteiger partial charge in [0, 0.05) is 46.9 Å². The van der Waals surface area contributed by atoms with Crippen LogP contribution in [-0.2, 0) is 19.3 Å². The summed E-state index contributed by atoms with van der Waals surface area (Å²) in [6.07, 6.45) is 57.1. The number of nitrogens with zero attached hydrogens (tertiary/aromatic N) is 3. The molecule has 0 radical (unpaired) electrons. The molecule has 0 amide bonds. The minimum Gasteiger partial charge on any atom is -0.491 e. The molecule has 15 aromatic rings. The molecule has 26 heteroatoms. The largest absolute Gasteiger partial charge is 0.491 e. The standard InChI is InChI=1S/C41H59NO2S4.C27H39O2S2.C26H36Br2O2S2.C13H17Br2NS2.C13H19NS2.3CH3.Sn/c1-8-13-16-17-18-19-22-34-42-35-38(48-34)28(7)46-41(35)33-24-32-37(44-26-30(12-5)21-15-10-3)39-31(23-27(6)45-39)36(40(32)47-33)43-25-29(11-4)20-14-9-2;1-6-10-12-20(8-3)17-28-24-22-14-15-30-26(22)25(23-16-19(5)31-27(23)24)29-18-21(9-4)13-11-7-2;1-5-9-11-17(7-3)15-29-23-19-13-21(27)32-26(19)24(20-14-22(28)31-25(20)23)30-16-18(8-4)12-10-6-2;1-2-3-4-5-6-7-8-9-16-10-11(17-9)13(15)18-12(10)14;1-2-3-4-5-6-7-8-13-14-11-9-15-10-12(11)16-13;;;;/h23-24,29-30H,8-22,25-26H2,1-7H3;14,16,20-21H,6-13,17-18H2,1-5H3;13-14,17-18H,5-12,15-16H2,1-4H3;2-8H2,1H3;9-10H,2-8H2,1H3;3*1H3;. The van der Waals surface area contributed by atoms with Crippen molar-refractivity contribution in [2.24, 2.45) is 35.5 Å². The maximum Gasteiger partial charge on any atom is 0.146 e. The van der Waals surface area contributed by atoms with Gasteiger partial charge in [-0.2, -0.15) is 0 Å². The Morgan fingerprint density at radius 2 is 0.597 bits per heavy atom. The number of aryl methyl sites for hydroxylation is 6. The number of rotatable bonds is 65. The summed E-state index contributed by atoms with van der Waals surface area (Å²) in [5.74, 6) is 10.0. The van der Waals surface area contributed by atoms with E-state index in [2.05, 4.69) is 255 Å². The van der Waals surface area contributed by atoms with Crippen LogP contribution in [0.25, 0.3) is 101 Å². The van der Waals surface area contributed by atoms with Crippen molar-refractivity contribution >= 4 is 312 Å². The van der Waals surface area contributed by atoms with Crippen molar-refractivity contribution in [2.45, 2.75) is 428 Å². The van der Waals surface area contributed by atoms with Crippen LogP contribution in [0.1, 0.15) is 403 Å². The van der Waals surface area contributed by atoms with Gasteiger partial charge >= 0.3 is 228 Å². The molecular weight excluding hydrogens is 2440 g/mol. The summed E-state index contributed by atoms with van der Waals surface area (Å²) in [4.78, 5) is 28.8. The molecule has 6 atom stereocenters. The molecule has 12 heterocycles. The molecule has 149 heavy (non-hydrogen) atoms. The molecule has 9 nitrogen and oxygen atoms in total. The SMILES string of the molecule is CCCCC(CC)COc1c2c[c]([Sn]([CH3])([CH3])[CH3])sc2c(OCC(CC)CCCC)c2cc(C)sc12.CCCCC(CC)COc1c2cc(Br)sc2c(OCC(CC)CCCC)c2cc(Br)sc12.CCCCCCCCc1nc2c(-c3cc4c(OCC(CC)CCCC)c5sc(C)cc5c(OCC(CC)CCCC)c4s3)sc(C)c2s1.CCCCCCCCc1nc2c(Br)sc(Br)c2s1.CCCCCCCCc1nc2cscc2s1. The van der Waals surface area contributed by atoms with Gasteiger partial charge in [0.15, 0.2) is 0 Å². The van der Waals surface area contributed by atoms with Crippen LogP contribution >= 0.6 is 200 Å². The summed E-state index contributed by atoms with van der Waals surface area (Å²) >= 11 is 34.5. The first kappa shape index (κ1) is 127. The van der Waals surface area contributed by atoms with E-state index in [9.17, 15) is 0 Å². The van der Waals surface area contributed by atoms with E-state index in [-0.39, 0.29) is 0 Å². The number of thiophene rings is 9. The van der Waals surface area contributed by atoms with Gasteiger partial charge in [-0.25, -0.2) is 15.0 Å². The molecule has 15 rings (SSSR count). The van der Waals surface area contributed by atoms with Crippen LogP contribution in [0, 0.1) is 56.3 Å². The van der Waals surface area contributed by atoms with Crippen molar-refractivity contribution in [3.8, 4) is 44.3 Å². The number of ether oxygens (including phenoxy) is 6. The molecule has 0 aliphatic heterocycles. The molecule has 0 fully saturated rings. The quantitative estimate of drug-likeness (QED) is 0.0273. The first-order valence-corrected chi connectivity index (χ1v) is 80.9. The van der Waals surface area contributed by atoms with Gasteiger partial charge in [0.25, 0.3) is 0 Å². The van der Waals surface area contributed by atoms with Gasteiger partial charge in [-0.1, -0.05) is 250 Å². The number of benzene rings is 3. The fraction of sp³-hybridized carbons (Fsp3) is 0.634. The van der Waals surface area contributed by atoms with E-state index in [1.165, 1.54) is 379 Å².